The first-order valence-electron chi connectivity index (χ1n) is 8.91. The van der Waals surface area contributed by atoms with Crippen molar-refractivity contribution in [3.63, 3.8) is 0 Å². The molecule has 3 aromatic rings. The van der Waals surface area contributed by atoms with Gasteiger partial charge in [0.1, 0.15) is 18.0 Å². The number of piperazine rings is 1. The van der Waals surface area contributed by atoms with Crippen molar-refractivity contribution in [3.8, 4) is 5.82 Å². The number of carbonyl (C=O) groups is 1. The molecular formula is C19H21N7O. The van der Waals surface area contributed by atoms with Gasteiger partial charge in [0.05, 0.1) is 0 Å². The number of rotatable bonds is 4. The highest BCUT2D eigenvalue weighted by molar-refractivity contribution is 5.74. The Labute approximate surface area is 157 Å². The van der Waals surface area contributed by atoms with Gasteiger partial charge in [0.15, 0.2) is 0 Å². The van der Waals surface area contributed by atoms with E-state index in [0.717, 1.165) is 30.3 Å². The lowest BCUT2D eigenvalue weighted by molar-refractivity contribution is 0.194. The Hall–Kier alpha value is -3.42. The summed E-state index contributed by atoms with van der Waals surface area (Å²) in [5, 5.41) is 2.97. The van der Waals surface area contributed by atoms with Crippen LogP contribution < -0.4 is 10.2 Å². The molecule has 0 aliphatic carbocycles. The van der Waals surface area contributed by atoms with E-state index >= 15 is 0 Å². The van der Waals surface area contributed by atoms with Crippen LogP contribution in [0.2, 0.25) is 0 Å². The zero-order valence-corrected chi connectivity index (χ0v) is 14.9. The summed E-state index contributed by atoms with van der Waals surface area (Å²) in [4.78, 5) is 29.2. The van der Waals surface area contributed by atoms with Crippen LogP contribution in [0.15, 0.2) is 61.4 Å². The monoisotopic (exact) mass is 363 g/mol. The molecule has 1 fully saturated rings. The normalized spacial score (nSPS) is 14.2. The molecule has 1 N–H and O–H groups in total. The minimum absolute atomic E-state index is 0.0469. The predicted molar refractivity (Wildman–Crippen MR) is 102 cm³/mol. The number of amides is 2. The maximum Gasteiger partial charge on any atom is 0.317 e. The number of urea groups is 1. The van der Waals surface area contributed by atoms with Crippen molar-refractivity contribution < 1.29 is 4.79 Å². The van der Waals surface area contributed by atoms with Crippen LogP contribution in [0.4, 0.5) is 10.6 Å². The smallest absolute Gasteiger partial charge is 0.317 e. The predicted octanol–water partition coefficient (Wildman–Crippen LogP) is 1.69. The first kappa shape index (κ1) is 17.0. The van der Waals surface area contributed by atoms with Crippen molar-refractivity contribution in [3.05, 3.63) is 67.0 Å². The number of hydrogen-bond donors (Lipinski definition) is 1. The van der Waals surface area contributed by atoms with Gasteiger partial charge in [-0.25, -0.2) is 19.7 Å². The first-order valence-corrected chi connectivity index (χ1v) is 8.91. The maximum atomic E-state index is 12.4. The van der Waals surface area contributed by atoms with Crippen molar-refractivity contribution in [1.29, 1.82) is 0 Å². The van der Waals surface area contributed by atoms with Crippen LogP contribution in [-0.4, -0.2) is 56.6 Å². The second-order valence-corrected chi connectivity index (χ2v) is 6.32. The highest BCUT2D eigenvalue weighted by Gasteiger charge is 2.21. The summed E-state index contributed by atoms with van der Waals surface area (Å²) in [6, 6.07) is 9.71. The molecular weight excluding hydrogens is 342 g/mol. The average molecular weight is 363 g/mol. The van der Waals surface area contributed by atoms with E-state index < -0.39 is 0 Å². The molecule has 1 saturated heterocycles. The molecule has 138 valence electrons. The molecule has 1 aliphatic heterocycles. The van der Waals surface area contributed by atoms with E-state index in [4.69, 9.17) is 0 Å². The highest BCUT2D eigenvalue weighted by atomic mass is 16.2. The Morgan fingerprint density at radius 3 is 2.56 bits per heavy atom. The van der Waals surface area contributed by atoms with E-state index in [0.29, 0.717) is 19.6 Å². The van der Waals surface area contributed by atoms with Gasteiger partial charge in [-0.05, 0) is 23.8 Å². The zero-order chi connectivity index (χ0) is 18.5. The Morgan fingerprint density at radius 1 is 1.00 bits per heavy atom. The van der Waals surface area contributed by atoms with Crippen LogP contribution in [0.5, 0.6) is 0 Å². The van der Waals surface area contributed by atoms with Crippen LogP contribution in [-0.2, 0) is 6.54 Å². The van der Waals surface area contributed by atoms with Crippen LogP contribution in [0.3, 0.4) is 0 Å². The largest absolute Gasteiger partial charge is 0.353 e. The molecule has 0 spiro atoms. The quantitative estimate of drug-likeness (QED) is 0.763. The third kappa shape index (κ3) is 4.05. The minimum atomic E-state index is -0.0469. The molecule has 0 unspecified atom stereocenters. The maximum absolute atomic E-state index is 12.4. The Balaban J connectivity index is 1.26. The molecule has 2 amide bonds. The molecule has 27 heavy (non-hydrogen) atoms. The molecule has 1 aliphatic rings. The average Bonchev–Trinajstić information content (AvgIpc) is 3.28. The lowest BCUT2D eigenvalue weighted by atomic mass is 10.2. The van der Waals surface area contributed by atoms with E-state index in [1.165, 1.54) is 0 Å². The number of nitrogens with one attached hydrogen (secondary N) is 1. The van der Waals surface area contributed by atoms with E-state index in [-0.39, 0.29) is 6.03 Å². The number of carbonyl (C=O) groups excluding carboxylic acids is 1. The molecule has 8 nitrogen and oxygen atoms in total. The third-order valence-electron chi connectivity index (χ3n) is 4.56. The summed E-state index contributed by atoms with van der Waals surface area (Å²) < 4.78 is 1.84. The van der Waals surface area contributed by atoms with Crippen molar-refractivity contribution >= 4 is 11.8 Å². The summed E-state index contributed by atoms with van der Waals surface area (Å²) in [5.74, 6) is 1.76. The lowest BCUT2D eigenvalue weighted by Gasteiger charge is -2.35. The van der Waals surface area contributed by atoms with E-state index in [2.05, 4.69) is 25.2 Å². The van der Waals surface area contributed by atoms with Gasteiger partial charge in [-0.1, -0.05) is 12.1 Å². The minimum Gasteiger partial charge on any atom is -0.353 e. The van der Waals surface area contributed by atoms with Crippen molar-refractivity contribution in [2.45, 2.75) is 6.54 Å². The van der Waals surface area contributed by atoms with Gasteiger partial charge < -0.3 is 15.1 Å². The SMILES string of the molecule is O=C(NCc1ccc(-n2ccnc2)nc1)N1CCN(c2ccccn2)CC1. The van der Waals surface area contributed by atoms with E-state index in [1.54, 1.807) is 24.9 Å². The fourth-order valence-corrected chi connectivity index (χ4v) is 3.04. The number of anilines is 1. The summed E-state index contributed by atoms with van der Waals surface area (Å²) in [6.07, 6.45) is 8.82. The van der Waals surface area contributed by atoms with E-state index in [1.807, 2.05) is 46.0 Å². The molecule has 0 bridgehead atoms. The fourth-order valence-electron chi connectivity index (χ4n) is 3.04. The molecule has 0 atom stereocenters. The van der Waals surface area contributed by atoms with Gasteiger partial charge in [-0.15, -0.1) is 0 Å². The number of aromatic nitrogens is 4. The summed E-state index contributed by atoms with van der Waals surface area (Å²) in [7, 11) is 0. The molecule has 0 radical (unpaired) electrons. The van der Waals surface area contributed by atoms with Gasteiger partial charge >= 0.3 is 6.03 Å². The summed E-state index contributed by atoms with van der Waals surface area (Å²) >= 11 is 0. The standard InChI is InChI=1S/C19H21N7O/c27-19(25-11-9-24(10-12-25)17-3-1-2-6-21-17)23-14-16-4-5-18(22-13-16)26-8-7-20-15-26/h1-8,13,15H,9-12,14H2,(H,23,27). The molecule has 4 heterocycles. The Bertz CT molecular complexity index is 857. The van der Waals surface area contributed by atoms with Crippen molar-refractivity contribution in [2.75, 3.05) is 31.1 Å². The fraction of sp³-hybridized carbons (Fsp3) is 0.263. The number of pyridine rings is 2. The second kappa shape index (κ2) is 7.86. The van der Waals surface area contributed by atoms with Crippen LogP contribution in [0.1, 0.15) is 5.56 Å². The second-order valence-electron chi connectivity index (χ2n) is 6.32. The lowest BCUT2D eigenvalue weighted by Crippen LogP contribution is -2.51. The first-order chi connectivity index (χ1) is 13.3. The molecule has 0 saturated carbocycles. The highest BCUT2D eigenvalue weighted by Crippen LogP contribution is 2.12. The van der Waals surface area contributed by atoms with Gasteiger partial charge in [-0.3, -0.25) is 4.57 Å². The topological polar surface area (TPSA) is 79.2 Å². The number of hydrogen-bond acceptors (Lipinski definition) is 5. The zero-order valence-electron chi connectivity index (χ0n) is 14.9. The van der Waals surface area contributed by atoms with E-state index in [9.17, 15) is 4.79 Å². The van der Waals surface area contributed by atoms with Crippen molar-refractivity contribution in [2.24, 2.45) is 0 Å². The molecule has 0 aromatic carbocycles. The van der Waals surface area contributed by atoms with Crippen molar-refractivity contribution in [1.82, 2.24) is 29.7 Å². The molecule has 8 heteroatoms. The Kier molecular flexibility index (Phi) is 4.95. The Morgan fingerprint density at radius 2 is 1.89 bits per heavy atom. The van der Waals surface area contributed by atoms with Crippen LogP contribution in [0, 0.1) is 0 Å². The van der Waals surface area contributed by atoms with Gasteiger partial charge in [0, 0.05) is 57.5 Å². The summed E-state index contributed by atoms with van der Waals surface area (Å²) in [5.41, 5.74) is 0.958. The summed E-state index contributed by atoms with van der Waals surface area (Å²) in [6.45, 7) is 3.38. The van der Waals surface area contributed by atoms with Gasteiger partial charge in [-0.2, -0.15) is 0 Å². The molecule has 3 aromatic heterocycles. The van der Waals surface area contributed by atoms with Crippen LogP contribution >= 0.6 is 0 Å². The van der Waals surface area contributed by atoms with Gasteiger partial charge in [0.25, 0.3) is 0 Å². The van der Waals surface area contributed by atoms with Crippen LogP contribution in [0.25, 0.3) is 5.82 Å². The number of imidazole rings is 1. The molecule has 4 rings (SSSR count). The number of nitrogens with zero attached hydrogens (tertiary/aromatic N) is 6. The van der Waals surface area contributed by atoms with Gasteiger partial charge in [0.2, 0.25) is 0 Å². The third-order valence-corrected chi connectivity index (χ3v) is 4.56.